The average Bonchev–Trinajstić information content (AvgIpc) is 2.72. The SMILES string of the molecule is CC(NC(=O)CCNS(=O)(=O)/C=C/c1ccccc1)c1cc2c(cc1Br)OCCO2. The summed E-state index contributed by atoms with van der Waals surface area (Å²) in [6, 6.07) is 12.5. The molecule has 0 bridgehead atoms. The Morgan fingerprint density at radius 3 is 2.53 bits per heavy atom. The van der Waals surface area contributed by atoms with Crippen LogP contribution in [0.15, 0.2) is 52.3 Å². The van der Waals surface area contributed by atoms with Crippen molar-refractivity contribution in [3.8, 4) is 11.5 Å². The fraction of sp³-hybridized carbons (Fsp3) is 0.286. The highest BCUT2D eigenvalue weighted by atomic mass is 79.9. The van der Waals surface area contributed by atoms with Gasteiger partial charge in [-0.3, -0.25) is 4.79 Å². The van der Waals surface area contributed by atoms with Crippen LogP contribution in [0, 0.1) is 0 Å². The van der Waals surface area contributed by atoms with Crippen molar-refractivity contribution in [1.29, 1.82) is 0 Å². The van der Waals surface area contributed by atoms with Crippen LogP contribution >= 0.6 is 15.9 Å². The summed E-state index contributed by atoms with van der Waals surface area (Å²) in [4.78, 5) is 12.3. The summed E-state index contributed by atoms with van der Waals surface area (Å²) in [5.41, 5.74) is 1.62. The number of carbonyl (C=O) groups is 1. The molecule has 7 nitrogen and oxygen atoms in total. The maximum absolute atomic E-state index is 12.3. The van der Waals surface area contributed by atoms with E-state index in [1.165, 1.54) is 6.08 Å². The number of carbonyl (C=O) groups excluding carboxylic acids is 1. The quantitative estimate of drug-likeness (QED) is 0.586. The minimum atomic E-state index is -3.62. The molecule has 1 heterocycles. The third-order valence-electron chi connectivity index (χ3n) is 4.40. The van der Waals surface area contributed by atoms with Crippen molar-refractivity contribution in [2.24, 2.45) is 0 Å². The Morgan fingerprint density at radius 2 is 1.83 bits per heavy atom. The first-order chi connectivity index (χ1) is 14.3. The van der Waals surface area contributed by atoms with Crippen LogP contribution in [-0.2, 0) is 14.8 Å². The number of sulfonamides is 1. The molecule has 0 spiro atoms. The van der Waals surface area contributed by atoms with Crippen LogP contribution in [0.3, 0.4) is 0 Å². The summed E-state index contributed by atoms with van der Waals surface area (Å²) in [6.45, 7) is 2.83. The van der Waals surface area contributed by atoms with Crippen LogP contribution in [0.5, 0.6) is 11.5 Å². The second-order valence-corrected chi connectivity index (χ2v) is 9.21. The van der Waals surface area contributed by atoms with Gasteiger partial charge in [0.1, 0.15) is 13.2 Å². The van der Waals surface area contributed by atoms with Crippen LogP contribution < -0.4 is 19.5 Å². The standard InChI is InChI=1S/C21H23BrN2O5S/c1-15(17-13-19-20(14-18(17)22)29-11-10-28-19)24-21(25)7-9-23-30(26,27)12-8-16-5-3-2-4-6-16/h2-6,8,12-15,23H,7,9-11H2,1H3,(H,24,25)/b12-8+. The molecule has 9 heteroatoms. The first-order valence-corrected chi connectivity index (χ1v) is 11.8. The average molecular weight is 495 g/mol. The fourth-order valence-electron chi connectivity index (χ4n) is 2.89. The van der Waals surface area contributed by atoms with Gasteiger partial charge in [-0.1, -0.05) is 46.3 Å². The van der Waals surface area contributed by atoms with Crippen molar-refractivity contribution < 1.29 is 22.7 Å². The summed E-state index contributed by atoms with van der Waals surface area (Å²) in [5, 5.41) is 3.96. The van der Waals surface area contributed by atoms with E-state index in [-0.39, 0.29) is 24.9 Å². The van der Waals surface area contributed by atoms with E-state index in [2.05, 4.69) is 26.0 Å². The van der Waals surface area contributed by atoms with Crippen molar-refractivity contribution in [1.82, 2.24) is 10.0 Å². The van der Waals surface area contributed by atoms with E-state index in [9.17, 15) is 13.2 Å². The molecule has 30 heavy (non-hydrogen) atoms. The Bertz CT molecular complexity index is 1030. The molecule has 1 amide bonds. The number of nitrogens with one attached hydrogen (secondary N) is 2. The van der Waals surface area contributed by atoms with E-state index >= 15 is 0 Å². The zero-order valence-corrected chi connectivity index (χ0v) is 18.8. The van der Waals surface area contributed by atoms with Crippen molar-refractivity contribution in [3.05, 3.63) is 63.5 Å². The highest BCUT2D eigenvalue weighted by Crippen LogP contribution is 2.37. The van der Waals surface area contributed by atoms with Crippen molar-refractivity contribution in [2.45, 2.75) is 19.4 Å². The molecule has 3 rings (SSSR count). The molecule has 0 saturated heterocycles. The van der Waals surface area contributed by atoms with E-state index in [0.717, 1.165) is 21.0 Å². The van der Waals surface area contributed by atoms with Gasteiger partial charge in [0.2, 0.25) is 15.9 Å². The summed E-state index contributed by atoms with van der Waals surface area (Å²) in [7, 11) is -3.62. The predicted molar refractivity (Wildman–Crippen MR) is 119 cm³/mol. The molecule has 1 atom stereocenters. The molecule has 1 aliphatic rings. The number of hydrogen-bond acceptors (Lipinski definition) is 5. The number of amides is 1. The highest BCUT2D eigenvalue weighted by Gasteiger charge is 2.19. The van der Waals surface area contributed by atoms with Crippen LogP contribution in [0.4, 0.5) is 0 Å². The van der Waals surface area contributed by atoms with Crippen LogP contribution in [0.1, 0.15) is 30.5 Å². The van der Waals surface area contributed by atoms with E-state index < -0.39 is 10.0 Å². The van der Waals surface area contributed by atoms with Gasteiger partial charge in [-0.05, 0) is 36.3 Å². The normalized spacial score (nSPS) is 14.5. The first kappa shape index (κ1) is 22.3. The first-order valence-electron chi connectivity index (χ1n) is 9.45. The lowest BCUT2D eigenvalue weighted by Crippen LogP contribution is -2.31. The molecule has 1 aliphatic heterocycles. The van der Waals surface area contributed by atoms with E-state index in [1.807, 2.05) is 37.3 Å². The number of rotatable bonds is 8. The molecule has 0 fully saturated rings. The Kier molecular flexibility index (Phi) is 7.52. The Labute approximate surface area is 184 Å². The Hall–Kier alpha value is -2.36. The van der Waals surface area contributed by atoms with Gasteiger partial charge in [-0.15, -0.1) is 0 Å². The lowest BCUT2D eigenvalue weighted by atomic mass is 10.1. The molecule has 0 aromatic heterocycles. The fourth-order valence-corrected chi connectivity index (χ4v) is 4.38. The second-order valence-electron chi connectivity index (χ2n) is 6.71. The van der Waals surface area contributed by atoms with Gasteiger partial charge in [0, 0.05) is 22.8 Å². The zero-order chi connectivity index (χ0) is 21.6. The maximum Gasteiger partial charge on any atom is 0.233 e. The zero-order valence-electron chi connectivity index (χ0n) is 16.4. The minimum absolute atomic E-state index is 0.00231. The second kappa shape index (κ2) is 10.1. The van der Waals surface area contributed by atoms with E-state index in [1.54, 1.807) is 12.1 Å². The summed E-state index contributed by atoms with van der Waals surface area (Å²) in [5.74, 6) is 1.03. The van der Waals surface area contributed by atoms with Gasteiger partial charge in [0.25, 0.3) is 0 Å². The molecule has 2 aromatic rings. The van der Waals surface area contributed by atoms with Gasteiger partial charge >= 0.3 is 0 Å². The van der Waals surface area contributed by atoms with Crippen molar-refractivity contribution in [3.63, 3.8) is 0 Å². The van der Waals surface area contributed by atoms with Gasteiger partial charge in [0.15, 0.2) is 11.5 Å². The third-order valence-corrected chi connectivity index (χ3v) is 6.19. The largest absolute Gasteiger partial charge is 0.486 e. The molecule has 2 aromatic carbocycles. The molecule has 160 valence electrons. The third kappa shape index (κ3) is 6.32. The number of hydrogen-bond donors (Lipinski definition) is 2. The van der Waals surface area contributed by atoms with Gasteiger partial charge in [-0.2, -0.15) is 0 Å². The summed E-state index contributed by atoms with van der Waals surface area (Å²) >= 11 is 3.50. The van der Waals surface area contributed by atoms with Crippen molar-refractivity contribution >= 4 is 37.9 Å². The molecular weight excluding hydrogens is 472 g/mol. The lowest BCUT2D eigenvalue weighted by Gasteiger charge is -2.22. The van der Waals surface area contributed by atoms with Gasteiger partial charge in [0.05, 0.1) is 6.04 Å². The molecule has 1 unspecified atom stereocenters. The predicted octanol–water partition coefficient (Wildman–Crippen LogP) is 3.38. The molecular formula is C21H23BrN2O5S. The van der Waals surface area contributed by atoms with E-state index in [4.69, 9.17) is 9.47 Å². The number of fused-ring (bicyclic) bond motifs is 1. The number of ether oxygens (including phenoxy) is 2. The smallest absolute Gasteiger partial charge is 0.233 e. The molecule has 0 radical (unpaired) electrons. The van der Waals surface area contributed by atoms with Crippen LogP contribution in [0.2, 0.25) is 0 Å². The maximum atomic E-state index is 12.3. The van der Waals surface area contributed by atoms with Gasteiger partial charge in [-0.25, -0.2) is 13.1 Å². The lowest BCUT2D eigenvalue weighted by molar-refractivity contribution is -0.121. The topological polar surface area (TPSA) is 93.7 Å². The number of halogens is 1. The number of benzene rings is 2. The van der Waals surface area contributed by atoms with Crippen molar-refractivity contribution in [2.75, 3.05) is 19.8 Å². The van der Waals surface area contributed by atoms with Gasteiger partial charge < -0.3 is 14.8 Å². The molecule has 0 aliphatic carbocycles. The molecule has 2 N–H and O–H groups in total. The monoisotopic (exact) mass is 494 g/mol. The molecule has 0 saturated carbocycles. The summed E-state index contributed by atoms with van der Waals surface area (Å²) < 4.78 is 38.4. The minimum Gasteiger partial charge on any atom is -0.486 e. The Morgan fingerprint density at radius 1 is 1.17 bits per heavy atom. The Balaban J connectivity index is 1.50. The summed E-state index contributed by atoms with van der Waals surface area (Å²) in [6.07, 6.45) is 1.52. The van der Waals surface area contributed by atoms with Crippen LogP contribution in [0.25, 0.3) is 6.08 Å². The van der Waals surface area contributed by atoms with E-state index in [0.29, 0.717) is 24.7 Å². The van der Waals surface area contributed by atoms with Crippen LogP contribution in [-0.4, -0.2) is 34.1 Å². The highest BCUT2D eigenvalue weighted by molar-refractivity contribution is 9.10.